The Balaban J connectivity index is 1.93. The highest BCUT2D eigenvalue weighted by Gasteiger charge is 2.00. The lowest BCUT2D eigenvalue weighted by Crippen LogP contribution is -2.03. The van der Waals surface area contributed by atoms with E-state index in [1.807, 2.05) is 6.92 Å². The Hall–Kier alpha value is -0.840. The van der Waals surface area contributed by atoms with Crippen molar-refractivity contribution in [3.8, 4) is 0 Å². The zero-order valence-corrected chi connectivity index (χ0v) is 15.7. The van der Waals surface area contributed by atoms with E-state index in [2.05, 4.69) is 59.0 Å². The Kier molecular flexibility index (Phi) is 11.1. The van der Waals surface area contributed by atoms with Crippen LogP contribution in [0.1, 0.15) is 57.4 Å². The molecule has 0 saturated heterocycles. The SMILES string of the molecule is CCOC(=O)CCCCCCCC=CCc1ccc(I)cc1. The molecule has 2 nitrogen and oxygen atoms in total. The Morgan fingerprint density at radius 3 is 2.45 bits per heavy atom. The Labute approximate surface area is 148 Å². The van der Waals surface area contributed by atoms with Gasteiger partial charge in [-0.25, -0.2) is 0 Å². The predicted molar refractivity (Wildman–Crippen MR) is 101 cm³/mol. The molecule has 0 heterocycles. The highest BCUT2D eigenvalue weighted by molar-refractivity contribution is 14.1. The molecule has 0 aromatic heterocycles. The highest BCUT2D eigenvalue weighted by atomic mass is 127. The maximum absolute atomic E-state index is 11.2. The summed E-state index contributed by atoms with van der Waals surface area (Å²) in [6.45, 7) is 2.34. The van der Waals surface area contributed by atoms with Crippen LogP contribution in [0, 0.1) is 3.57 Å². The van der Waals surface area contributed by atoms with Gasteiger partial charge in [-0.15, -0.1) is 0 Å². The van der Waals surface area contributed by atoms with Crippen LogP contribution in [0.25, 0.3) is 0 Å². The number of rotatable bonds is 11. The lowest BCUT2D eigenvalue weighted by atomic mass is 10.1. The summed E-state index contributed by atoms with van der Waals surface area (Å²) < 4.78 is 6.19. The summed E-state index contributed by atoms with van der Waals surface area (Å²) in [7, 11) is 0. The van der Waals surface area contributed by atoms with Gasteiger partial charge in [0.15, 0.2) is 0 Å². The van der Waals surface area contributed by atoms with Crippen LogP contribution in [-0.4, -0.2) is 12.6 Å². The standard InChI is InChI=1S/C19H27IO2/c1-2-22-19(21)12-10-8-6-4-3-5-7-9-11-17-13-15-18(20)16-14-17/h7,9,13-16H,2-6,8,10-12H2,1H3. The Morgan fingerprint density at radius 2 is 1.73 bits per heavy atom. The summed E-state index contributed by atoms with van der Waals surface area (Å²) in [5, 5.41) is 0. The van der Waals surface area contributed by atoms with Gasteiger partial charge in [0, 0.05) is 9.99 Å². The molecule has 0 bridgehead atoms. The molecular weight excluding hydrogens is 387 g/mol. The second kappa shape index (κ2) is 12.7. The van der Waals surface area contributed by atoms with Gasteiger partial charge in [-0.1, -0.05) is 43.5 Å². The van der Waals surface area contributed by atoms with Crippen molar-refractivity contribution in [2.45, 2.75) is 58.3 Å². The van der Waals surface area contributed by atoms with Crippen molar-refractivity contribution in [1.82, 2.24) is 0 Å². The molecule has 0 N–H and O–H groups in total. The lowest BCUT2D eigenvalue weighted by Gasteiger charge is -2.01. The number of allylic oxidation sites excluding steroid dienone is 2. The summed E-state index contributed by atoms with van der Waals surface area (Å²) in [4.78, 5) is 11.2. The van der Waals surface area contributed by atoms with Crippen molar-refractivity contribution in [2.75, 3.05) is 6.61 Å². The van der Waals surface area contributed by atoms with Gasteiger partial charge in [-0.05, 0) is 72.9 Å². The van der Waals surface area contributed by atoms with E-state index in [4.69, 9.17) is 4.74 Å². The van der Waals surface area contributed by atoms with Crippen molar-refractivity contribution in [3.05, 3.63) is 45.6 Å². The smallest absolute Gasteiger partial charge is 0.305 e. The normalized spacial score (nSPS) is 11.0. The minimum absolute atomic E-state index is 0.0546. The van der Waals surface area contributed by atoms with Gasteiger partial charge in [-0.3, -0.25) is 4.79 Å². The average molecular weight is 414 g/mol. The number of hydrogen-bond acceptors (Lipinski definition) is 2. The third kappa shape index (κ3) is 9.98. The first-order valence-corrected chi connectivity index (χ1v) is 9.35. The number of hydrogen-bond donors (Lipinski definition) is 0. The molecule has 0 aliphatic heterocycles. The van der Waals surface area contributed by atoms with Gasteiger partial charge in [0.1, 0.15) is 0 Å². The lowest BCUT2D eigenvalue weighted by molar-refractivity contribution is -0.143. The van der Waals surface area contributed by atoms with Crippen molar-refractivity contribution in [3.63, 3.8) is 0 Å². The average Bonchev–Trinajstić information content (AvgIpc) is 2.51. The maximum Gasteiger partial charge on any atom is 0.305 e. The maximum atomic E-state index is 11.2. The van der Waals surface area contributed by atoms with Crippen LogP contribution in [0.15, 0.2) is 36.4 Å². The van der Waals surface area contributed by atoms with Gasteiger partial charge in [0.05, 0.1) is 6.61 Å². The van der Waals surface area contributed by atoms with Crippen molar-refractivity contribution in [1.29, 1.82) is 0 Å². The van der Waals surface area contributed by atoms with Gasteiger partial charge >= 0.3 is 5.97 Å². The number of halogens is 1. The third-order valence-electron chi connectivity index (χ3n) is 3.49. The van der Waals surface area contributed by atoms with E-state index in [9.17, 15) is 4.79 Å². The van der Waals surface area contributed by atoms with E-state index in [1.54, 1.807) is 0 Å². The summed E-state index contributed by atoms with van der Waals surface area (Å²) >= 11 is 2.33. The molecule has 0 aliphatic rings. The van der Waals surface area contributed by atoms with E-state index >= 15 is 0 Å². The quantitative estimate of drug-likeness (QED) is 0.201. The molecule has 1 aromatic rings. The monoisotopic (exact) mass is 414 g/mol. The molecule has 0 unspecified atom stereocenters. The predicted octanol–water partition coefficient (Wildman–Crippen LogP) is 5.68. The van der Waals surface area contributed by atoms with Crippen LogP contribution >= 0.6 is 22.6 Å². The van der Waals surface area contributed by atoms with E-state index in [0.717, 1.165) is 25.7 Å². The molecule has 0 amide bonds. The molecule has 0 aliphatic carbocycles. The zero-order chi connectivity index (χ0) is 16.0. The number of carbonyl (C=O) groups is 1. The van der Waals surface area contributed by atoms with Gasteiger partial charge in [0.2, 0.25) is 0 Å². The van der Waals surface area contributed by atoms with E-state index in [0.29, 0.717) is 13.0 Å². The summed E-state index contributed by atoms with van der Waals surface area (Å²) in [6.07, 6.45) is 13.1. The molecule has 0 radical (unpaired) electrons. The third-order valence-corrected chi connectivity index (χ3v) is 4.21. The molecule has 0 atom stereocenters. The topological polar surface area (TPSA) is 26.3 Å². The van der Waals surface area contributed by atoms with Crippen LogP contribution in [0.4, 0.5) is 0 Å². The highest BCUT2D eigenvalue weighted by Crippen LogP contribution is 2.10. The van der Waals surface area contributed by atoms with Crippen LogP contribution in [0.2, 0.25) is 0 Å². The molecule has 0 saturated carbocycles. The minimum Gasteiger partial charge on any atom is -0.466 e. The van der Waals surface area contributed by atoms with E-state index in [1.165, 1.54) is 28.4 Å². The van der Waals surface area contributed by atoms with E-state index < -0.39 is 0 Å². The molecule has 22 heavy (non-hydrogen) atoms. The van der Waals surface area contributed by atoms with Crippen molar-refractivity contribution in [2.24, 2.45) is 0 Å². The molecule has 1 aromatic carbocycles. The van der Waals surface area contributed by atoms with Crippen molar-refractivity contribution < 1.29 is 9.53 Å². The first-order chi connectivity index (χ1) is 10.7. The molecule has 0 fully saturated rings. The fraction of sp³-hybridized carbons (Fsp3) is 0.526. The number of esters is 1. The second-order valence-electron chi connectivity index (χ2n) is 5.41. The second-order valence-corrected chi connectivity index (χ2v) is 6.66. The zero-order valence-electron chi connectivity index (χ0n) is 13.5. The van der Waals surface area contributed by atoms with Gasteiger partial charge in [0.25, 0.3) is 0 Å². The molecule has 0 spiro atoms. The first kappa shape index (κ1) is 19.2. The van der Waals surface area contributed by atoms with E-state index in [-0.39, 0.29) is 5.97 Å². The van der Waals surface area contributed by atoms with Crippen LogP contribution in [-0.2, 0) is 16.0 Å². The molecular formula is C19H27IO2. The largest absolute Gasteiger partial charge is 0.466 e. The van der Waals surface area contributed by atoms with Crippen LogP contribution in [0.5, 0.6) is 0 Å². The fourth-order valence-corrected chi connectivity index (χ4v) is 2.61. The number of unbranched alkanes of at least 4 members (excludes halogenated alkanes) is 5. The van der Waals surface area contributed by atoms with Crippen LogP contribution < -0.4 is 0 Å². The van der Waals surface area contributed by atoms with Crippen LogP contribution in [0.3, 0.4) is 0 Å². The number of ether oxygens (including phenoxy) is 1. The number of benzene rings is 1. The summed E-state index contributed by atoms with van der Waals surface area (Å²) in [6, 6.07) is 8.69. The number of carbonyl (C=O) groups excluding carboxylic acids is 1. The fourth-order valence-electron chi connectivity index (χ4n) is 2.25. The van der Waals surface area contributed by atoms with Crippen molar-refractivity contribution >= 4 is 28.6 Å². The van der Waals surface area contributed by atoms with Gasteiger partial charge in [-0.2, -0.15) is 0 Å². The molecule has 122 valence electrons. The summed E-state index contributed by atoms with van der Waals surface area (Å²) in [5.41, 5.74) is 1.37. The summed E-state index contributed by atoms with van der Waals surface area (Å²) in [5.74, 6) is -0.0546. The Bertz CT molecular complexity index is 437. The Morgan fingerprint density at radius 1 is 1.05 bits per heavy atom. The minimum atomic E-state index is -0.0546. The van der Waals surface area contributed by atoms with Gasteiger partial charge < -0.3 is 4.74 Å². The molecule has 3 heteroatoms. The molecule has 1 rings (SSSR count). The first-order valence-electron chi connectivity index (χ1n) is 8.27.